The molecule has 6 nitrogen and oxygen atoms in total. The smallest absolute Gasteiger partial charge is 0.270 e. The highest BCUT2D eigenvalue weighted by atomic mass is 79.9. The summed E-state index contributed by atoms with van der Waals surface area (Å²) in [7, 11) is 0. The van der Waals surface area contributed by atoms with Crippen molar-refractivity contribution in [3.8, 4) is 11.6 Å². The minimum absolute atomic E-state index is 0.0331. The first kappa shape index (κ1) is 13.4. The molecular weight excluding hydrogens is 338 g/mol. The molecule has 3 aromatic rings. The fourth-order valence-electron chi connectivity index (χ4n) is 1.85. The summed E-state index contributed by atoms with van der Waals surface area (Å²) in [5, 5.41) is 11.4. The zero-order valence-corrected chi connectivity index (χ0v) is 12.1. The molecule has 0 atom stereocenters. The lowest BCUT2D eigenvalue weighted by Crippen LogP contribution is -1.94. The molecule has 3 rings (SSSR count). The topological polar surface area (TPSA) is 78.2 Å². The molecule has 0 N–H and O–H groups in total. The maximum Gasteiger partial charge on any atom is 0.270 e. The number of fused-ring (bicyclic) bond motifs is 1. The lowest BCUT2D eigenvalue weighted by molar-refractivity contribution is -0.384. The van der Waals surface area contributed by atoms with Crippen molar-refractivity contribution in [3.63, 3.8) is 0 Å². The second-order valence-corrected chi connectivity index (χ2v) is 5.02. The highest BCUT2D eigenvalue weighted by molar-refractivity contribution is 9.10. The maximum absolute atomic E-state index is 10.9. The van der Waals surface area contributed by atoms with Gasteiger partial charge in [0.1, 0.15) is 12.1 Å². The van der Waals surface area contributed by atoms with E-state index in [9.17, 15) is 10.1 Å². The van der Waals surface area contributed by atoms with Gasteiger partial charge in [-0.25, -0.2) is 9.97 Å². The van der Waals surface area contributed by atoms with Crippen molar-refractivity contribution in [2.24, 2.45) is 0 Å². The SMILES string of the molecule is O=[N+]([O-])c1ccc2ncnc(Oc3ccccc3Br)c2c1. The molecule has 0 aliphatic carbocycles. The van der Waals surface area contributed by atoms with Gasteiger partial charge in [0.15, 0.2) is 0 Å². The van der Waals surface area contributed by atoms with Crippen LogP contribution in [-0.2, 0) is 0 Å². The Bertz CT molecular complexity index is 839. The van der Waals surface area contributed by atoms with Crippen molar-refractivity contribution < 1.29 is 9.66 Å². The monoisotopic (exact) mass is 345 g/mol. The van der Waals surface area contributed by atoms with Crippen molar-refractivity contribution >= 4 is 32.5 Å². The van der Waals surface area contributed by atoms with Crippen LogP contribution in [-0.4, -0.2) is 14.9 Å². The molecule has 0 fully saturated rings. The highest BCUT2D eigenvalue weighted by Crippen LogP contribution is 2.32. The largest absolute Gasteiger partial charge is 0.437 e. The molecule has 7 heteroatoms. The first-order valence-electron chi connectivity index (χ1n) is 5.96. The first-order valence-corrected chi connectivity index (χ1v) is 6.76. The summed E-state index contributed by atoms with van der Waals surface area (Å²) in [6.07, 6.45) is 1.36. The maximum atomic E-state index is 10.9. The van der Waals surface area contributed by atoms with Gasteiger partial charge in [0.25, 0.3) is 5.69 Å². The zero-order valence-electron chi connectivity index (χ0n) is 10.6. The molecule has 0 spiro atoms. The van der Waals surface area contributed by atoms with Crippen LogP contribution in [0.4, 0.5) is 5.69 Å². The van der Waals surface area contributed by atoms with Gasteiger partial charge < -0.3 is 4.74 Å². The number of non-ortho nitro benzene ring substituents is 1. The first-order chi connectivity index (χ1) is 10.1. The molecule has 0 saturated carbocycles. The lowest BCUT2D eigenvalue weighted by atomic mass is 10.2. The van der Waals surface area contributed by atoms with Gasteiger partial charge in [-0.2, -0.15) is 0 Å². The average Bonchev–Trinajstić information content (AvgIpc) is 2.49. The quantitative estimate of drug-likeness (QED) is 0.527. The highest BCUT2D eigenvalue weighted by Gasteiger charge is 2.12. The molecule has 0 aliphatic heterocycles. The average molecular weight is 346 g/mol. The van der Waals surface area contributed by atoms with Crippen molar-refractivity contribution in [2.75, 3.05) is 0 Å². The number of para-hydroxylation sites is 1. The van der Waals surface area contributed by atoms with Gasteiger partial charge in [-0.15, -0.1) is 0 Å². The van der Waals surface area contributed by atoms with Crippen molar-refractivity contribution in [2.45, 2.75) is 0 Å². The predicted molar refractivity (Wildman–Crippen MR) is 80.4 cm³/mol. The minimum atomic E-state index is -0.464. The molecule has 2 aromatic carbocycles. The number of halogens is 1. The van der Waals surface area contributed by atoms with Crippen LogP contribution in [0, 0.1) is 10.1 Å². The Labute approximate surface area is 127 Å². The Balaban J connectivity index is 2.11. The molecule has 0 bridgehead atoms. The Morgan fingerprint density at radius 3 is 2.71 bits per heavy atom. The number of benzene rings is 2. The van der Waals surface area contributed by atoms with E-state index in [1.807, 2.05) is 18.2 Å². The molecule has 104 valence electrons. The van der Waals surface area contributed by atoms with Gasteiger partial charge in [-0.1, -0.05) is 12.1 Å². The number of nitro benzene ring substituents is 1. The van der Waals surface area contributed by atoms with Crippen LogP contribution in [0.25, 0.3) is 10.9 Å². The number of nitro groups is 1. The van der Waals surface area contributed by atoms with Crippen LogP contribution in [0.2, 0.25) is 0 Å². The van der Waals surface area contributed by atoms with Crippen molar-refractivity contribution in [1.82, 2.24) is 9.97 Å². The van der Waals surface area contributed by atoms with E-state index in [-0.39, 0.29) is 11.6 Å². The van der Waals surface area contributed by atoms with Gasteiger partial charge in [-0.05, 0) is 34.1 Å². The van der Waals surface area contributed by atoms with E-state index < -0.39 is 4.92 Å². The summed E-state index contributed by atoms with van der Waals surface area (Å²) in [6, 6.07) is 11.7. The van der Waals surface area contributed by atoms with E-state index in [2.05, 4.69) is 25.9 Å². The van der Waals surface area contributed by atoms with Crippen molar-refractivity contribution in [3.05, 3.63) is 63.4 Å². The number of ether oxygens (including phenoxy) is 1. The van der Waals surface area contributed by atoms with Gasteiger partial charge in [0.2, 0.25) is 5.88 Å². The normalized spacial score (nSPS) is 10.5. The van der Waals surface area contributed by atoms with E-state index in [4.69, 9.17) is 4.74 Å². The Morgan fingerprint density at radius 2 is 1.95 bits per heavy atom. The predicted octanol–water partition coefficient (Wildman–Crippen LogP) is 4.09. The third-order valence-electron chi connectivity index (χ3n) is 2.84. The summed E-state index contributed by atoms with van der Waals surface area (Å²) in [5.41, 5.74) is 0.548. The summed E-state index contributed by atoms with van der Waals surface area (Å²) in [4.78, 5) is 18.6. The van der Waals surface area contributed by atoms with E-state index in [1.54, 1.807) is 12.1 Å². The van der Waals surface area contributed by atoms with Crippen LogP contribution < -0.4 is 4.74 Å². The molecule has 0 radical (unpaired) electrons. The Hall–Kier alpha value is -2.54. The van der Waals surface area contributed by atoms with Crippen molar-refractivity contribution in [1.29, 1.82) is 0 Å². The molecule has 0 amide bonds. The van der Waals surface area contributed by atoms with E-state index >= 15 is 0 Å². The fraction of sp³-hybridized carbons (Fsp3) is 0. The van der Waals surface area contributed by atoms with Crippen LogP contribution in [0.1, 0.15) is 0 Å². The van der Waals surface area contributed by atoms with Gasteiger partial charge >= 0.3 is 0 Å². The summed E-state index contributed by atoms with van der Waals surface area (Å²) in [5.74, 6) is 0.847. The standard InChI is InChI=1S/C14H8BrN3O3/c15-11-3-1-2-4-13(11)21-14-10-7-9(18(19)20)5-6-12(10)16-8-17-14/h1-8H. The molecule has 21 heavy (non-hydrogen) atoms. The summed E-state index contributed by atoms with van der Waals surface area (Å²) < 4.78 is 6.50. The number of hydrogen-bond acceptors (Lipinski definition) is 5. The molecule has 0 aliphatic rings. The summed E-state index contributed by atoms with van der Waals surface area (Å²) >= 11 is 3.38. The zero-order chi connectivity index (χ0) is 14.8. The molecule has 1 aromatic heterocycles. The van der Waals surface area contributed by atoms with Crippen LogP contribution in [0.3, 0.4) is 0 Å². The van der Waals surface area contributed by atoms with Crippen LogP contribution >= 0.6 is 15.9 Å². The third kappa shape index (κ3) is 2.68. The van der Waals surface area contributed by atoms with E-state index in [0.717, 1.165) is 4.47 Å². The number of hydrogen-bond donors (Lipinski definition) is 0. The van der Waals surface area contributed by atoms with Gasteiger partial charge in [0.05, 0.1) is 20.3 Å². The summed E-state index contributed by atoms with van der Waals surface area (Å²) in [6.45, 7) is 0. The molecule has 0 saturated heterocycles. The minimum Gasteiger partial charge on any atom is -0.437 e. The Kier molecular flexibility index (Phi) is 3.49. The third-order valence-corrected chi connectivity index (χ3v) is 3.49. The second-order valence-electron chi connectivity index (χ2n) is 4.17. The second kappa shape index (κ2) is 5.45. The van der Waals surface area contributed by atoms with E-state index in [0.29, 0.717) is 16.7 Å². The van der Waals surface area contributed by atoms with Gasteiger partial charge in [0, 0.05) is 12.1 Å². The van der Waals surface area contributed by atoms with E-state index in [1.165, 1.54) is 18.5 Å². The lowest BCUT2D eigenvalue weighted by Gasteiger charge is -2.08. The fourth-order valence-corrected chi connectivity index (χ4v) is 2.21. The molecule has 1 heterocycles. The molecule has 0 unspecified atom stereocenters. The molecular formula is C14H8BrN3O3. The van der Waals surface area contributed by atoms with Gasteiger partial charge in [-0.3, -0.25) is 10.1 Å². The number of nitrogens with zero attached hydrogens (tertiary/aromatic N) is 3. The number of aromatic nitrogens is 2. The Morgan fingerprint density at radius 1 is 1.14 bits per heavy atom. The number of rotatable bonds is 3. The van der Waals surface area contributed by atoms with Crippen LogP contribution in [0.5, 0.6) is 11.6 Å². The van der Waals surface area contributed by atoms with Crippen LogP contribution in [0.15, 0.2) is 53.3 Å².